The fourth-order valence-electron chi connectivity index (χ4n) is 5.21. The molecule has 0 aliphatic carbocycles. The van der Waals surface area contributed by atoms with E-state index in [1.165, 1.54) is 90.2 Å². The normalized spacial score (nSPS) is 11.4. The lowest BCUT2D eigenvalue weighted by atomic mass is 10.1. The first-order chi connectivity index (χ1) is 22.0. The van der Waals surface area contributed by atoms with Crippen LogP contribution in [0, 0.1) is 0 Å². The maximum Gasteiger partial charge on any atom is 0.305 e. The van der Waals surface area contributed by atoms with Crippen molar-refractivity contribution in [3.63, 3.8) is 0 Å². The number of esters is 2. The molecule has 0 aliphatic heterocycles. The highest BCUT2D eigenvalue weighted by Gasteiger charge is 2.13. The molecule has 262 valence electrons. The molecule has 0 aromatic heterocycles. The number of allylic oxidation sites excluding steroid dienone is 4. The highest BCUT2D eigenvalue weighted by atomic mass is 32.2. The molecule has 0 bridgehead atoms. The molecule has 0 fully saturated rings. The second-order valence-electron chi connectivity index (χ2n) is 12.2. The predicted molar refractivity (Wildman–Crippen MR) is 193 cm³/mol. The van der Waals surface area contributed by atoms with E-state index in [2.05, 4.69) is 45.6 Å². The van der Waals surface area contributed by atoms with Crippen LogP contribution in [-0.2, 0) is 19.1 Å². The third kappa shape index (κ3) is 32.0. The van der Waals surface area contributed by atoms with Crippen molar-refractivity contribution in [2.45, 2.75) is 167 Å². The quantitative estimate of drug-likeness (QED) is 0.0409. The van der Waals surface area contributed by atoms with Crippen molar-refractivity contribution in [2.24, 2.45) is 0 Å². The molecule has 6 nitrogen and oxygen atoms in total. The minimum absolute atomic E-state index is 0.102. The SMILES string of the molecule is CCCSC(=O)N(CCCCCCCC/C=C\CCCCCC(=O)OC)CCCCCCCC/C=C\CCCCCC(=O)OC. The number of methoxy groups -OCH3 is 2. The first-order valence-corrected chi connectivity index (χ1v) is 19.4. The molecule has 1 amide bonds. The summed E-state index contributed by atoms with van der Waals surface area (Å²) in [6, 6.07) is 0. The third-order valence-electron chi connectivity index (χ3n) is 8.08. The largest absolute Gasteiger partial charge is 0.469 e. The van der Waals surface area contributed by atoms with Crippen LogP contribution in [0.4, 0.5) is 4.79 Å². The Bertz CT molecular complexity index is 702. The molecule has 0 heterocycles. The van der Waals surface area contributed by atoms with Gasteiger partial charge in [-0.1, -0.05) is 107 Å². The summed E-state index contributed by atoms with van der Waals surface area (Å²) in [6.45, 7) is 3.97. The van der Waals surface area contributed by atoms with Gasteiger partial charge >= 0.3 is 11.9 Å². The highest BCUT2D eigenvalue weighted by molar-refractivity contribution is 8.13. The summed E-state index contributed by atoms with van der Waals surface area (Å²) in [6.07, 6.45) is 37.1. The van der Waals surface area contributed by atoms with E-state index in [0.29, 0.717) is 12.8 Å². The van der Waals surface area contributed by atoms with Crippen LogP contribution in [-0.4, -0.2) is 55.1 Å². The molecule has 45 heavy (non-hydrogen) atoms. The molecule has 0 aliphatic rings. The van der Waals surface area contributed by atoms with Crippen molar-refractivity contribution in [1.82, 2.24) is 4.90 Å². The molecule has 0 radical (unpaired) electrons. The zero-order chi connectivity index (χ0) is 33.1. The number of hydrogen-bond donors (Lipinski definition) is 0. The van der Waals surface area contributed by atoms with Crippen molar-refractivity contribution in [1.29, 1.82) is 0 Å². The molecule has 0 unspecified atom stereocenters. The lowest BCUT2D eigenvalue weighted by Crippen LogP contribution is -2.30. The maximum absolute atomic E-state index is 12.8. The van der Waals surface area contributed by atoms with E-state index >= 15 is 0 Å². The Morgan fingerprint density at radius 3 is 1.20 bits per heavy atom. The molecule has 0 saturated carbocycles. The van der Waals surface area contributed by atoms with Gasteiger partial charge in [-0.3, -0.25) is 14.4 Å². The van der Waals surface area contributed by atoms with Gasteiger partial charge in [0.15, 0.2) is 0 Å². The van der Waals surface area contributed by atoms with E-state index in [1.54, 1.807) is 0 Å². The zero-order valence-electron chi connectivity index (χ0n) is 29.5. The van der Waals surface area contributed by atoms with Gasteiger partial charge < -0.3 is 14.4 Å². The van der Waals surface area contributed by atoms with Gasteiger partial charge in [-0.05, 0) is 83.5 Å². The summed E-state index contributed by atoms with van der Waals surface area (Å²) in [4.78, 5) is 37.1. The second kappa shape index (κ2) is 35.1. The van der Waals surface area contributed by atoms with E-state index in [-0.39, 0.29) is 17.2 Å². The Kier molecular flexibility index (Phi) is 33.7. The van der Waals surface area contributed by atoms with Crippen LogP contribution in [0.15, 0.2) is 24.3 Å². The summed E-state index contributed by atoms with van der Waals surface area (Å²) in [5, 5.41) is 0.280. The Balaban J connectivity index is 3.79. The van der Waals surface area contributed by atoms with Crippen LogP contribution < -0.4 is 0 Å². The Labute approximate surface area is 281 Å². The van der Waals surface area contributed by atoms with Gasteiger partial charge in [0.05, 0.1) is 14.2 Å². The third-order valence-corrected chi connectivity index (χ3v) is 9.20. The second-order valence-corrected chi connectivity index (χ2v) is 13.3. The van der Waals surface area contributed by atoms with Crippen LogP contribution in [0.25, 0.3) is 0 Å². The van der Waals surface area contributed by atoms with Crippen LogP contribution in [0.2, 0.25) is 0 Å². The first kappa shape index (κ1) is 43.2. The summed E-state index contributed by atoms with van der Waals surface area (Å²) in [7, 11) is 2.90. The standard InChI is InChI=1S/C38H69NO5S/c1-4-35-45-38(42)39(33-29-25-21-17-13-9-5-7-11-15-19-23-27-31-36(40)43-2)34-30-26-22-18-14-10-6-8-12-16-20-24-28-32-37(41)44-3/h7-8,11-12H,4-6,9-10,13-35H2,1-3H3/b11-7-,12-8-. The zero-order valence-corrected chi connectivity index (χ0v) is 30.3. The first-order valence-electron chi connectivity index (χ1n) is 18.4. The number of amides is 1. The Morgan fingerprint density at radius 2 is 0.844 bits per heavy atom. The molecular weight excluding hydrogens is 582 g/mol. The molecule has 0 saturated heterocycles. The average Bonchev–Trinajstić information content (AvgIpc) is 3.05. The smallest absolute Gasteiger partial charge is 0.305 e. The number of unbranched alkanes of at least 4 members (excludes halogenated alkanes) is 18. The van der Waals surface area contributed by atoms with Crippen LogP contribution in [0.3, 0.4) is 0 Å². The predicted octanol–water partition coefficient (Wildman–Crippen LogP) is 11.4. The minimum atomic E-state index is -0.102. The van der Waals surface area contributed by atoms with Crippen molar-refractivity contribution in [3.05, 3.63) is 24.3 Å². The van der Waals surface area contributed by atoms with E-state index in [1.807, 2.05) is 0 Å². The van der Waals surface area contributed by atoms with Crippen molar-refractivity contribution in [2.75, 3.05) is 33.1 Å². The maximum atomic E-state index is 12.8. The molecular formula is C38H69NO5S. The van der Waals surface area contributed by atoms with E-state index in [4.69, 9.17) is 0 Å². The number of rotatable bonds is 32. The molecule has 0 aromatic rings. The molecule has 0 atom stereocenters. The monoisotopic (exact) mass is 651 g/mol. The number of ether oxygens (including phenoxy) is 2. The van der Waals surface area contributed by atoms with Gasteiger partial charge in [0.2, 0.25) is 0 Å². The average molecular weight is 652 g/mol. The fourth-order valence-corrected chi connectivity index (χ4v) is 5.95. The highest BCUT2D eigenvalue weighted by Crippen LogP contribution is 2.16. The fraction of sp³-hybridized carbons (Fsp3) is 0.816. The van der Waals surface area contributed by atoms with Gasteiger partial charge in [0.25, 0.3) is 5.24 Å². The van der Waals surface area contributed by atoms with E-state index < -0.39 is 0 Å². The van der Waals surface area contributed by atoms with Gasteiger partial charge in [-0.25, -0.2) is 0 Å². The minimum Gasteiger partial charge on any atom is -0.469 e. The summed E-state index contributed by atoms with van der Waals surface area (Å²) >= 11 is 1.50. The lowest BCUT2D eigenvalue weighted by Gasteiger charge is -2.22. The number of carbonyl (C=O) groups excluding carboxylic acids is 3. The topological polar surface area (TPSA) is 72.9 Å². The number of nitrogens with zero attached hydrogens (tertiary/aromatic N) is 1. The van der Waals surface area contributed by atoms with Crippen molar-refractivity contribution >= 4 is 28.9 Å². The molecule has 0 rings (SSSR count). The van der Waals surface area contributed by atoms with Gasteiger partial charge in [-0.15, -0.1) is 0 Å². The van der Waals surface area contributed by atoms with Gasteiger partial charge in [-0.2, -0.15) is 0 Å². The summed E-state index contributed by atoms with van der Waals surface area (Å²) in [5.74, 6) is 0.715. The molecule has 7 heteroatoms. The Morgan fingerprint density at radius 1 is 0.511 bits per heavy atom. The molecule has 0 aromatic carbocycles. The number of thioether (sulfide) groups is 1. The van der Waals surface area contributed by atoms with Crippen LogP contribution in [0.1, 0.15) is 167 Å². The number of carbonyl (C=O) groups is 3. The van der Waals surface area contributed by atoms with Gasteiger partial charge in [0, 0.05) is 31.7 Å². The summed E-state index contributed by atoms with van der Waals surface area (Å²) < 4.78 is 9.34. The summed E-state index contributed by atoms with van der Waals surface area (Å²) in [5.41, 5.74) is 0. The van der Waals surface area contributed by atoms with Crippen LogP contribution >= 0.6 is 11.8 Å². The number of hydrogen-bond acceptors (Lipinski definition) is 6. The lowest BCUT2D eigenvalue weighted by molar-refractivity contribution is -0.141. The van der Waals surface area contributed by atoms with E-state index in [9.17, 15) is 14.4 Å². The van der Waals surface area contributed by atoms with Crippen molar-refractivity contribution in [3.8, 4) is 0 Å². The van der Waals surface area contributed by atoms with E-state index in [0.717, 1.165) is 102 Å². The van der Waals surface area contributed by atoms with Gasteiger partial charge in [0.1, 0.15) is 0 Å². The molecule has 0 spiro atoms. The Hall–Kier alpha value is -1.76. The van der Waals surface area contributed by atoms with Crippen LogP contribution in [0.5, 0.6) is 0 Å². The van der Waals surface area contributed by atoms with Crippen molar-refractivity contribution < 1.29 is 23.9 Å². The molecule has 0 N–H and O–H groups in total.